The molecule has 0 unspecified atom stereocenters. The number of halogens is 1. The maximum Gasteiger partial charge on any atom is 0.286 e. The van der Waals surface area contributed by atoms with E-state index < -0.39 is 5.91 Å². The SMILES string of the molecule is Cc1[nH]ncc1CNC(=O)CSCc1nnc(C(=O)Nc2ccc(F)cc2)s1. The molecular weight excluding hydrogens is 403 g/mol. The number of H-pyrrole nitrogens is 1. The second-order valence-corrected chi connectivity index (χ2v) is 7.80. The molecule has 1 aromatic carbocycles. The molecule has 0 saturated carbocycles. The Morgan fingerprint density at radius 1 is 1.25 bits per heavy atom. The maximum absolute atomic E-state index is 12.9. The maximum atomic E-state index is 12.9. The van der Waals surface area contributed by atoms with Crippen molar-refractivity contribution in [2.45, 2.75) is 19.2 Å². The lowest BCUT2D eigenvalue weighted by molar-refractivity contribution is -0.118. The fraction of sp³-hybridized carbons (Fsp3) is 0.235. The van der Waals surface area contributed by atoms with E-state index in [2.05, 4.69) is 31.0 Å². The Hall–Kier alpha value is -2.79. The summed E-state index contributed by atoms with van der Waals surface area (Å²) in [6.07, 6.45) is 1.68. The van der Waals surface area contributed by atoms with E-state index in [-0.39, 0.29) is 22.5 Å². The molecule has 28 heavy (non-hydrogen) atoms. The minimum absolute atomic E-state index is 0.0932. The number of rotatable bonds is 8. The van der Waals surface area contributed by atoms with Gasteiger partial charge in [0.2, 0.25) is 10.9 Å². The fourth-order valence-electron chi connectivity index (χ4n) is 2.15. The van der Waals surface area contributed by atoms with Crippen molar-refractivity contribution in [2.75, 3.05) is 11.1 Å². The third kappa shape index (κ3) is 5.60. The number of nitrogens with zero attached hydrogens (tertiary/aromatic N) is 3. The average Bonchev–Trinajstić information content (AvgIpc) is 3.31. The van der Waals surface area contributed by atoms with Crippen LogP contribution in [0.2, 0.25) is 0 Å². The van der Waals surface area contributed by atoms with Crippen LogP contribution in [0.3, 0.4) is 0 Å². The third-order valence-corrected chi connectivity index (χ3v) is 5.68. The van der Waals surface area contributed by atoms with Crippen LogP contribution < -0.4 is 10.6 Å². The van der Waals surface area contributed by atoms with E-state index in [1.807, 2.05) is 6.92 Å². The van der Waals surface area contributed by atoms with Crippen molar-refractivity contribution in [3.63, 3.8) is 0 Å². The van der Waals surface area contributed by atoms with Crippen molar-refractivity contribution < 1.29 is 14.0 Å². The second kappa shape index (κ2) is 9.42. The molecule has 146 valence electrons. The van der Waals surface area contributed by atoms with Gasteiger partial charge in [0, 0.05) is 29.2 Å². The normalized spacial score (nSPS) is 10.6. The first-order valence-electron chi connectivity index (χ1n) is 8.24. The molecule has 3 aromatic rings. The summed E-state index contributed by atoms with van der Waals surface area (Å²) in [7, 11) is 0. The van der Waals surface area contributed by atoms with Gasteiger partial charge in [-0.2, -0.15) is 5.10 Å². The Bertz CT molecular complexity index is 957. The van der Waals surface area contributed by atoms with E-state index >= 15 is 0 Å². The molecule has 0 fully saturated rings. The molecule has 0 bridgehead atoms. The molecule has 0 aliphatic rings. The van der Waals surface area contributed by atoms with Gasteiger partial charge < -0.3 is 10.6 Å². The molecule has 0 aliphatic heterocycles. The summed E-state index contributed by atoms with van der Waals surface area (Å²) in [5.74, 6) is -0.136. The van der Waals surface area contributed by atoms with Crippen LogP contribution in [0.4, 0.5) is 10.1 Å². The molecule has 0 spiro atoms. The predicted molar refractivity (Wildman–Crippen MR) is 106 cm³/mol. The van der Waals surface area contributed by atoms with E-state index in [0.717, 1.165) is 22.6 Å². The number of aromatic nitrogens is 4. The Labute approximate surface area is 168 Å². The topological polar surface area (TPSA) is 113 Å². The van der Waals surface area contributed by atoms with Crippen LogP contribution in [0.5, 0.6) is 0 Å². The minimum atomic E-state index is -0.409. The van der Waals surface area contributed by atoms with Gasteiger partial charge in [0.1, 0.15) is 10.8 Å². The lowest BCUT2D eigenvalue weighted by atomic mass is 10.3. The zero-order valence-electron chi connectivity index (χ0n) is 14.9. The van der Waals surface area contributed by atoms with Crippen LogP contribution in [-0.4, -0.2) is 38.0 Å². The summed E-state index contributed by atoms with van der Waals surface area (Å²) in [5, 5.41) is 20.9. The number of thioether (sulfide) groups is 1. The quantitative estimate of drug-likeness (QED) is 0.516. The number of hydrogen-bond donors (Lipinski definition) is 3. The molecule has 8 nitrogen and oxygen atoms in total. The van der Waals surface area contributed by atoms with Crippen molar-refractivity contribution in [1.82, 2.24) is 25.7 Å². The zero-order chi connectivity index (χ0) is 19.9. The van der Waals surface area contributed by atoms with E-state index in [4.69, 9.17) is 0 Å². The monoisotopic (exact) mass is 420 g/mol. The molecule has 3 N–H and O–H groups in total. The van der Waals surface area contributed by atoms with Crippen molar-refractivity contribution >= 4 is 40.6 Å². The first-order chi connectivity index (χ1) is 13.5. The number of hydrogen-bond acceptors (Lipinski definition) is 7. The smallest absolute Gasteiger partial charge is 0.286 e. The van der Waals surface area contributed by atoms with Crippen LogP contribution in [-0.2, 0) is 17.1 Å². The van der Waals surface area contributed by atoms with Gasteiger partial charge in [0.25, 0.3) is 5.91 Å². The van der Waals surface area contributed by atoms with Gasteiger partial charge in [0.05, 0.1) is 11.9 Å². The Balaban J connectivity index is 1.41. The highest BCUT2D eigenvalue weighted by molar-refractivity contribution is 7.99. The zero-order valence-corrected chi connectivity index (χ0v) is 16.5. The summed E-state index contributed by atoms with van der Waals surface area (Å²) in [5.41, 5.74) is 2.34. The van der Waals surface area contributed by atoms with Crippen LogP contribution in [0.1, 0.15) is 26.1 Å². The van der Waals surface area contributed by atoms with Crippen molar-refractivity contribution in [3.05, 3.63) is 57.6 Å². The van der Waals surface area contributed by atoms with Crippen LogP contribution in [0.25, 0.3) is 0 Å². The Kier molecular flexibility index (Phi) is 6.71. The number of benzene rings is 1. The highest BCUT2D eigenvalue weighted by Gasteiger charge is 2.14. The summed E-state index contributed by atoms with van der Waals surface area (Å²) < 4.78 is 12.9. The lowest BCUT2D eigenvalue weighted by Crippen LogP contribution is -2.24. The number of carbonyl (C=O) groups is 2. The van der Waals surface area contributed by atoms with Crippen molar-refractivity contribution in [1.29, 1.82) is 0 Å². The van der Waals surface area contributed by atoms with Gasteiger partial charge in [-0.15, -0.1) is 22.0 Å². The molecule has 11 heteroatoms. The summed E-state index contributed by atoms with van der Waals surface area (Å²) in [6.45, 7) is 2.32. The summed E-state index contributed by atoms with van der Waals surface area (Å²) in [4.78, 5) is 24.0. The second-order valence-electron chi connectivity index (χ2n) is 5.75. The largest absolute Gasteiger partial charge is 0.351 e. The Morgan fingerprint density at radius 3 is 2.75 bits per heavy atom. The van der Waals surface area contributed by atoms with Crippen LogP contribution in [0, 0.1) is 12.7 Å². The molecule has 2 aromatic heterocycles. The van der Waals surface area contributed by atoms with E-state index in [0.29, 0.717) is 23.0 Å². The molecular formula is C17H17FN6O2S2. The van der Waals surface area contributed by atoms with Gasteiger partial charge in [-0.1, -0.05) is 11.3 Å². The fourth-order valence-corrected chi connectivity index (χ4v) is 3.79. The molecule has 0 aliphatic carbocycles. The predicted octanol–water partition coefficient (Wildman–Crippen LogP) is 2.51. The van der Waals surface area contributed by atoms with Gasteiger partial charge in [-0.05, 0) is 31.2 Å². The number of nitrogens with one attached hydrogen (secondary N) is 3. The number of aryl methyl sites for hydroxylation is 1. The van der Waals surface area contributed by atoms with Gasteiger partial charge in [-0.3, -0.25) is 14.7 Å². The van der Waals surface area contributed by atoms with E-state index in [9.17, 15) is 14.0 Å². The Morgan fingerprint density at radius 2 is 2.04 bits per heavy atom. The average molecular weight is 420 g/mol. The standard InChI is InChI=1S/C17H17FN6O2S2/c1-10-11(7-20-22-10)6-19-14(25)8-27-9-15-23-24-17(28-15)16(26)21-13-4-2-12(18)3-5-13/h2-5,7H,6,8-9H2,1H3,(H,19,25)(H,20,22)(H,21,26). The number of amides is 2. The number of anilines is 1. The minimum Gasteiger partial charge on any atom is -0.351 e. The van der Waals surface area contributed by atoms with E-state index in [1.54, 1.807) is 6.20 Å². The molecule has 0 saturated heterocycles. The summed E-state index contributed by atoms with van der Waals surface area (Å²) >= 11 is 2.54. The number of aromatic amines is 1. The summed E-state index contributed by atoms with van der Waals surface area (Å²) in [6, 6.07) is 5.46. The van der Waals surface area contributed by atoms with Gasteiger partial charge >= 0.3 is 0 Å². The van der Waals surface area contributed by atoms with E-state index in [1.165, 1.54) is 36.0 Å². The third-order valence-electron chi connectivity index (χ3n) is 3.63. The first-order valence-corrected chi connectivity index (χ1v) is 10.2. The van der Waals surface area contributed by atoms with Crippen molar-refractivity contribution in [3.8, 4) is 0 Å². The first kappa shape index (κ1) is 20.0. The van der Waals surface area contributed by atoms with Crippen LogP contribution in [0.15, 0.2) is 30.5 Å². The highest BCUT2D eigenvalue weighted by atomic mass is 32.2. The van der Waals surface area contributed by atoms with Gasteiger partial charge in [-0.25, -0.2) is 4.39 Å². The van der Waals surface area contributed by atoms with Gasteiger partial charge in [0.15, 0.2) is 0 Å². The van der Waals surface area contributed by atoms with Crippen molar-refractivity contribution in [2.24, 2.45) is 0 Å². The molecule has 2 amide bonds. The molecule has 0 atom stereocenters. The molecule has 0 radical (unpaired) electrons. The lowest BCUT2D eigenvalue weighted by Gasteiger charge is -2.03. The highest BCUT2D eigenvalue weighted by Crippen LogP contribution is 2.18. The van der Waals surface area contributed by atoms with Crippen LogP contribution >= 0.6 is 23.1 Å². The molecule has 3 rings (SSSR count). The molecule has 2 heterocycles. The number of carbonyl (C=O) groups excluding carboxylic acids is 2.